The number of hydrogen-bond donors (Lipinski definition) is 2. The van der Waals surface area contributed by atoms with Gasteiger partial charge in [0, 0.05) is 12.1 Å². The van der Waals surface area contributed by atoms with Gasteiger partial charge in [0.15, 0.2) is 0 Å². The summed E-state index contributed by atoms with van der Waals surface area (Å²) in [4.78, 5) is 14.9. The topological polar surface area (TPSA) is 70.4 Å². The van der Waals surface area contributed by atoms with Crippen molar-refractivity contribution in [2.24, 2.45) is 0 Å². The molecule has 0 amide bonds. The van der Waals surface area contributed by atoms with Crippen molar-refractivity contribution in [2.75, 3.05) is 0 Å². The summed E-state index contributed by atoms with van der Waals surface area (Å²) < 4.78 is 0. The summed E-state index contributed by atoms with van der Waals surface area (Å²) in [7, 11) is 0. The third-order valence-electron chi connectivity index (χ3n) is 3.10. The van der Waals surface area contributed by atoms with E-state index in [0.29, 0.717) is 17.8 Å². The van der Waals surface area contributed by atoms with Gasteiger partial charge < -0.3 is 10.2 Å². The van der Waals surface area contributed by atoms with Gasteiger partial charge in [0.25, 0.3) is 0 Å². The quantitative estimate of drug-likeness (QED) is 0.876. The third-order valence-corrected chi connectivity index (χ3v) is 3.10. The molecule has 2 rings (SSSR count). The first-order chi connectivity index (χ1) is 9.56. The van der Waals surface area contributed by atoms with Crippen LogP contribution in [0, 0.1) is 6.92 Å². The second kappa shape index (κ2) is 6.30. The van der Waals surface area contributed by atoms with Gasteiger partial charge in [0.1, 0.15) is 6.10 Å². The number of carbonyl (C=O) groups is 1. The zero-order chi connectivity index (χ0) is 14.5. The maximum atomic E-state index is 10.6. The molecule has 0 saturated heterocycles. The molecule has 1 heterocycles. The van der Waals surface area contributed by atoms with Gasteiger partial charge in [0.05, 0.1) is 12.1 Å². The Balaban J connectivity index is 2.17. The Bertz CT molecular complexity index is 593. The van der Waals surface area contributed by atoms with E-state index in [9.17, 15) is 9.90 Å². The number of aliphatic hydroxyl groups excluding tert-OH is 1. The highest BCUT2D eigenvalue weighted by Crippen LogP contribution is 2.21. The standard InChI is InChI=1S/C16H17NO3/c1-11-5-7-12(8-6-11)16(20)14-4-2-3-13(17-14)9-10-15(18)19/h2-8,16,20H,9-10H2,1H3,(H,18,19). The number of pyridine rings is 1. The van der Waals surface area contributed by atoms with Crippen LogP contribution in [0.3, 0.4) is 0 Å². The van der Waals surface area contributed by atoms with Crippen molar-refractivity contribution in [1.29, 1.82) is 0 Å². The van der Waals surface area contributed by atoms with Crippen LogP contribution >= 0.6 is 0 Å². The molecule has 0 aliphatic heterocycles. The maximum Gasteiger partial charge on any atom is 0.303 e. The van der Waals surface area contributed by atoms with Crippen LogP contribution in [-0.4, -0.2) is 21.2 Å². The number of rotatable bonds is 5. The molecule has 0 fully saturated rings. The van der Waals surface area contributed by atoms with Gasteiger partial charge in [-0.15, -0.1) is 0 Å². The lowest BCUT2D eigenvalue weighted by Gasteiger charge is -2.12. The van der Waals surface area contributed by atoms with Crippen LogP contribution in [0.2, 0.25) is 0 Å². The van der Waals surface area contributed by atoms with Gasteiger partial charge in [-0.3, -0.25) is 9.78 Å². The number of carboxylic acid groups (broad SMARTS) is 1. The van der Waals surface area contributed by atoms with Crippen molar-refractivity contribution < 1.29 is 15.0 Å². The zero-order valence-corrected chi connectivity index (χ0v) is 11.3. The summed E-state index contributed by atoms with van der Waals surface area (Å²) in [6, 6.07) is 12.9. The van der Waals surface area contributed by atoms with E-state index in [-0.39, 0.29) is 6.42 Å². The average molecular weight is 271 g/mol. The molecule has 1 aromatic carbocycles. The molecule has 104 valence electrons. The van der Waals surface area contributed by atoms with Gasteiger partial charge in [-0.2, -0.15) is 0 Å². The van der Waals surface area contributed by atoms with Crippen molar-refractivity contribution in [2.45, 2.75) is 25.9 Å². The van der Waals surface area contributed by atoms with E-state index in [1.807, 2.05) is 31.2 Å². The summed E-state index contributed by atoms with van der Waals surface area (Å²) in [5.74, 6) is -0.851. The Hall–Kier alpha value is -2.20. The smallest absolute Gasteiger partial charge is 0.303 e. The van der Waals surface area contributed by atoms with Crippen LogP contribution in [0.15, 0.2) is 42.5 Å². The van der Waals surface area contributed by atoms with E-state index < -0.39 is 12.1 Å². The van der Waals surface area contributed by atoms with E-state index in [1.54, 1.807) is 18.2 Å². The summed E-state index contributed by atoms with van der Waals surface area (Å²) in [6.07, 6.45) is -0.388. The third kappa shape index (κ3) is 3.65. The van der Waals surface area contributed by atoms with Crippen molar-refractivity contribution >= 4 is 5.97 Å². The Kier molecular flexibility index (Phi) is 4.48. The number of carboxylic acids is 1. The number of aryl methyl sites for hydroxylation is 2. The lowest BCUT2D eigenvalue weighted by Crippen LogP contribution is -2.05. The fraction of sp³-hybridized carbons (Fsp3) is 0.250. The Morgan fingerprint density at radius 1 is 1.20 bits per heavy atom. The lowest BCUT2D eigenvalue weighted by molar-refractivity contribution is -0.136. The summed E-state index contributed by atoms with van der Waals surface area (Å²) in [5.41, 5.74) is 3.12. The van der Waals surface area contributed by atoms with Gasteiger partial charge in [-0.1, -0.05) is 35.9 Å². The summed E-state index contributed by atoms with van der Waals surface area (Å²) in [5, 5.41) is 19.0. The number of nitrogens with zero attached hydrogens (tertiary/aromatic N) is 1. The monoisotopic (exact) mass is 271 g/mol. The predicted molar refractivity (Wildman–Crippen MR) is 75.4 cm³/mol. The summed E-state index contributed by atoms with van der Waals surface area (Å²) >= 11 is 0. The predicted octanol–water partition coefficient (Wildman–Crippen LogP) is 2.49. The second-order valence-corrected chi connectivity index (χ2v) is 4.76. The Labute approximate surface area is 117 Å². The molecule has 20 heavy (non-hydrogen) atoms. The normalized spacial score (nSPS) is 12.1. The van der Waals surface area contributed by atoms with Crippen molar-refractivity contribution in [3.63, 3.8) is 0 Å². The molecule has 4 heteroatoms. The van der Waals surface area contributed by atoms with Gasteiger partial charge >= 0.3 is 5.97 Å². The van der Waals surface area contributed by atoms with E-state index in [0.717, 1.165) is 11.1 Å². The maximum absolute atomic E-state index is 10.6. The van der Waals surface area contributed by atoms with E-state index in [1.165, 1.54) is 0 Å². The zero-order valence-electron chi connectivity index (χ0n) is 11.3. The first-order valence-electron chi connectivity index (χ1n) is 6.48. The number of aliphatic carboxylic acids is 1. The minimum atomic E-state index is -0.851. The molecule has 1 aromatic heterocycles. The van der Waals surface area contributed by atoms with E-state index >= 15 is 0 Å². The number of aromatic nitrogens is 1. The van der Waals surface area contributed by atoms with Crippen molar-refractivity contribution in [3.05, 3.63) is 65.0 Å². The first kappa shape index (κ1) is 14.2. The molecule has 4 nitrogen and oxygen atoms in total. The highest BCUT2D eigenvalue weighted by molar-refractivity contribution is 5.66. The minimum absolute atomic E-state index is 0.0388. The van der Waals surface area contributed by atoms with Crippen LogP contribution in [0.1, 0.15) is 35.0 Å². The Morgan fingerprint density at radius 3 is 2.55 bits per heavy atom. The highest BCUT2D eigenvalue weighted by atomic mass is 16.4. The molecule has 0 aliphatic rings. The van der Waals surface area contributed by atoms with Gasteiger partial charge in [-0.25, -0.2) is 0 Å². The van der Waals surface area contributed by atoms with Crippen LogP contribution in [0.25, 0.3) is 0 Å². The fourth-order valence-corrected chi connectivity index (χ4v) is 1.94. The molecular formula is C16H17NO3. The molecule has 0 spiro atoms. The molecule has 2 N–H and O–H groups in total. The molecule has 0 bridgehead atoms. The molecule has 1 unspecified atom stereocenters. The Morgan fingerprint density at radius 2 is 1.90 bits per heavy atom. The van der Waals surface area contributed by atoms with Crippen LogP contribution < -0.4 is 0 Å². The molecule has 0 aliphatic carbocycles. The van der Waals surface area contributed by atoms with E-state index in [4.69, 9.17) is 5.11 Å². The molecule has 0 radical (unpaired) electrons. The molecule has 2 aromatic rings. The molecule has 1 atom stereocenters. The first-order valence-corrected chi connectivity index (χ1v) is 6.48. The van der Waals surface area contributed by atoms with Gasteiger partial charge in [0.2, 0.25) is 0 Å². The van der Waals surface area contributed by atoms with Crippen LogP contribution in [0.4, 0.5) is 0 Å². The lowest BCUT2D eigenvalue weighted by atomic mass is 10.0. The van der Waals surface area contributed by atoms with Crippen molar-refractivity contribution in [1.82, 2.24) is 4.98 Å². The van der Waals surface area contributed by atoms with Crippen molar-refractivity contribution in [3.8, 4) is 0 Å². The molecule has 0 saturated carbocycles. The summed E-state index contributed by atoms with van der Waals surface area (Å²) in [6.45, 7) is 1.99. The molecular weight excluding hydrogens is 254 g/mol. The van der Waals surface area contributed by atoms with Gasteiger partial charge in [-0.05, 0) is 24.6 Å². The van der Waals surface area contributed by atoms with Crippen LogP contribution in [0.5, 0.6) is 0 Å². The van der Waals surface area contributed by atoms with Crippen LogP contribution in [-0.2, 0) is 11.2 Å². The minimum Gasteiger partial charge on any atom is -0.481 e. The SMILES string of the molecule is Cc1ccc(C(O)c2cccc(CCC(=O)O)n2)cc1. The highest BCUT2D eigenvalue weighted by Gasteiger charge is 2.12. The largest absolute Gasteiger partial charge is 0.481 e. The number of benzene rings is 1. The fourth-order valence-electron chi connectivity index (χ4n) is 1.94. The van der Waals surface area contributed by atoms with E-state index in [2.05, 4.69) is 4.98 Å². The number of aliphatic hydroxyl groups is 1. The average Bonchev–Trinajstić information content (AvgIpc) is 2.45. The number of hydrogen-bond acceptors (Lipinski definition) is 3. The second-order valence-electron chi connectivity index (χ2n) is 4.76.